The first kappa shape index (κ1) is 18.1. The van der Waals surface area contributed by atoms with Crippen molar-refractivity contribution in [3.63, 3.8) is 0 Å². The topological polar surface area (TPSA) is 44.7 Å². The fraction of sp³-hybridized carbons (Fsp3) is 0.333. The summed E-state index contributed by atoms with van der Waals surface area (Å²) in [5, 5.41) is 4.03. The van der Waals surface area contributed by atoms with E-state index >= 15 is 0 Å². The number of nitrogens with one attached hydrogen (secondary N) is 1. The molecule has 0 spiro atoms. The number of anilines is 1. The van der Waals surface area contributed by atoms with E-state index in [9.17, 15) is 9.18 Å². The van der Waals surface area contributed by atoms with Crippen molar-refractivity contribution in [2.75, 3.05) is 11.9 Å². The SMILES string of the molecule is CC1CC(C)(C)N(C)c2ccc(/C=N\NC(=O)c3ccc(F)cc3)cc21. The molecule has 1 aliphatic heterocycles. The van der Waals surface area contributed by atoms with Crippen molar-refractivity contribution >= 4 is 17.8 Å². The van der Waals surface area contributed by atoms with Crippen LogP contribution in [0.5, 0.6) is 0 Å². The fourth-order valence-corrected chi connectivity index (χ4v) is 3.51. The monoisotopic (exact) mass is 353 g/mol. The molecule has 4 nitrogen and oxygen atoms in total. The summed E-state index contributed by atoms with van der Waals surface area (Å²) < 4.78 is 12.9. The molecule has 2 aromatic carbocycles. The van der Waals surface area contributed by atoms with Crippen LogP contribution in [-0.4, -0.2) is 24.7 Å². The molecule has 0 saturated heterocycles. The highest BCUT2D eigenvalue weighted by Gasteiger charge is 2.33. The molecule has 1 atom stereocenters. The average Bonchev–Trinajstić information content (AvgIpc) is 2.60. The predicted octanol–water partition coefficient (Wildman–Crippen LogP) is 4.31. The molecule has 0 bridgehead atoms. The van der Waals surface area contributed by atoms with Crippen LogP contribution in [0.2, 0.25) is 0 Å². The number of hydrogen-bond donors (Lipinski definition) is 1. The average molecular weight is 353 g/mol. The highest BCUT2D eigenvalue weighted by molar-refractivity contribution is 5.94. The van der Waals surface area contributed by atoms with Crippen molar-refractivity contribution in [1.29, 1.82) is 0 Å². The summed E-state index contributed by atoms with van der Waals surface area (Å²) in [6, 6.07) is 11.6. The summed E-state index contributed by atoms with van der Waals surface area (Å²) in [5.74, 6) is -0.284. The van der Waals surface area contributed by atoms with E-state index in [0.717, 1.165) is 12.0 Å². The number of fused-ring (bicyclic) bond motifs is 1. The van der Waals surface area contributed by atoms with Gasteiger partial charge in [-0.05, 0) is 73.7 Å². The number of carbonyl (C=O) groups is 1. The number of hydrogen-bond acceptors (Lipinski definition) is 3. The number of carbonyl (C=O) groups excluding carboxylic acids is 1. The van der Waals surface area contributed by atoms with Crippen LogP contribution in [0.15, 0.2) is 47.6 Å². The lowest BCUT2D eigenvalue weighted by atomic mass is 9.80. The summed E-state index contributed by atoms with van der Waals surface area (Å²) in [6.07, 6.45) is 2.71. The Kier molecular flexibility index (Phi) is 4.81. The predicted molar refractivity (Wildman–Crippen MR) is 103 cm³/mol. The number of rotatable bonds is 3. The number of nitrogens with zero attached hydrogens (tertiary/aromatic N) is 2. The molecule has 1 unspecified atom stereocenters. The van der Waals surface area contributed by atoms with Gasteiger partial charge in [0.25, 0.3) is 5.91 Å². The molecule has 3 rings (SSSR count). The zero-order valence-electron chi connectivity index (χ0n) is 15.6. The van der Waals surface area contributed by atoms with Crippen LogP contribution in [0, 0.1) is 5.82 Å². The number of hydrazone groups is 1. The van der Waals surface area contributed by atoms with Gasteiger partial charge in [0.2, 0.25) is 0 Å². The lowest BCUT2D eigenvalue weighted by Gasteiger charge is -2.45. The van der Waals surface area contributed by atoms with Crippen molar-refractivity contribution in [1.82, 2.24) is 5.43 Å². The second kappa shape index (κ2) is 6.90. The van der Waals surface area contributed by atoms with E-state index in [1.54, 1.807) is 6.21 Å². The summed E-state index contributed by atoms with van der Waals surface area (Å²) in [6.45, 7) is 6.75. The Morgan fingerprint density at radius 3 is 2.65 bits per heavy atom. The first-order valence-corrected chi connectivity index (χ1v) is 8.75. The second-order valence-corrected chi connectivity index (χ2v) is 7.50. The standard InChI is InChI=1S/C21H24FN3O/c1-14-12-21(2,3)25(4)19-10-5-15(11-18(14)19)13-23-24-20(26)16-6-8-17(22)9-7-16/h5-11,13-14H,12H2,1-4H3,(H,24,26)/b23-13-. The Bertz CT molecular complexity index is 843. The lowest BCUT2D eigenvalue weighted by Crippen LogP contribution is -2.45. The van der Waals surface area contributed by atoms with Gasteiger partial charge < -0.3 is 4.90 Å². The summed E-state index contributed by atoms with van der Waals surface area (Å²) in [5.41, 5.74) is 6.44. The van der Waals surface area contributed by atoms with Crippen LogP contribution in [0.3, 0.4) is 0 Å². The van der Waals surface area contributed by atoms with E-state index < -0.39 is 0 Å². The molecule has 0 radical (unpaired) electrons. The molecule has 2 aromatic rings. The molecule has 1 amide bonds. The summed E-state index contributed by atoms with van der Waals surface area (Å²) >= 11 is 0. The Balaban J connectivity index is 1.73. The third-order valence-electron chi connectivity index (χ3n) is 5.14. The minimum Gasteiger partial charge on any atom is -0.369 e. The molecule has 1 aliphatic rings. The highest BCUT2D eigenvalue weighted by Crippen LogP contribution is 2.42. The van der Waals surface area contributed by atoms with E-state index in [-0.39, 0.29) is 17.3 Å². The quantitative estimate of drug-likeness (QED) is 0.660. The molecule has 26 heavy (non-hydrogen) atoms. The largest absolute Gasteiger partial charge is 0.369 e. The highest BCUT2D eigenvalue weighted by atomic mass is 19.1. The maximum Gasteiger partial charge on any atom is 0.271 e. The van der Waals surface area contributed by atoms with Crippen LogP contribution >= 0.6 is 0 Å². The van der Waals surface area contributed by atoms with Gasteiger partial charge in [-0.3, -0.25) is 4.79 Å². The van der Waals surface area contributed by atoms with Gasteiger partial charge in [0.15, 0.2) is 0 Å². The molecule has 0 fully saturated rings. The molecule has 5 heteroatoms. The molecular formula is C21H24FN3O. The fourth-order valence-electron chi connectivity index (χ4n) is 3.51. The van der Waals surface area contributed by atoms with E-state index in [1.807, 2.05) is 6.07 Å². The minimum atomic E-state index is -0.374. The zero-order chi connectivity index (χ0) is 18.9. The molecular weight excluding hydrogens is 329 g/mol. The Morgan fingerprint density at radius 2 is 1.96 bits per heavy atom. The molecule has 1 N–H and O–H groups in total. The Hall–Kier alpha value is -2.69. The van der Waals surface area contributed by atoms with Crippen molar-refractivity contribution in [2.45, 2.75) is 38.6 Å². The van der Waals surface area contributed by atoms with Crippen LogP contribution < -0.4 is 10.3 Å². The normalized spacial score (nSPS) is 18.7. The van der Waals surface area contributed by atoms with Crippen LogP contribution in [0.1, 0.15) is 54.6 Å². The molecule has 0 aliphatic carbocycles. The van der Waals surface area contributed by atoms with Gasteiger partial charge in [0, 0.05) is 23.8 Å². The summed E-state index contributed by atoms with van der Waals surface area (Å²) in [4.78, 5) is 14.3. The molecule has 0 saturated carbocycles. The van der Waals surface area contributed by atoms with Crippen LogP contribution in [0.25, 0.3) is 0 Å². The summed E-state index contributed by atoms with van der Waals surface area (Å²) in [7, 11) is 2.13. The van der Waals surface area contributed by atoms with Gasteiger partial charge in [0.05, 0.1) is 6.21 Å². The first-order chi connectivity index (χ1) is 12.3. The van der Waals surface area contributed by atoms with E-state index in [4.69, 9.17) is 0 Å². The number of halogens is 1. The third-order valence-corrected chi connectivity index (χ3v) is 5.14. The van der Waals surface area contributed by atoms with Gasteiger partial charge in [0.1, 0.15) is 5.82 Å². The lowest BCUT2D eigenvalue weighted by molar-refractivity contribution is 0.0955. The third kappa shape index (κ3) is 3.62. The van der Waals surface area contributed by atoms with E-state index in [1.165, 1.54) is 35.5 Å². The van der Waals surface area contributed by atoms with E-state index in [0.29, 0.717) is 11.5 Å². The molecule has 136 valence electrons. The zero-order valence-corrected chi connectivity index (χ0v) is 15.6. The minimum absolute atomic E-state index is 0.130. The van der Waals surface area contributed by atoms with Gasteiger partial charge in [-0.25, -0.2) is 9.82 Å². The first-order valence-electron chi connectivity index (χ1n) is 8.75. The van der Waals surface area contributed by atoms with Gasteiger partial charge >= 0.3 is 0 Å². The molecule has 1 heterocycles. The Labute approximate surface area is 153 Å². The van der Waals surface area contributed by atoms with Crippen molar-refractivity contribution in [2.24, 2.45) is 5.10 Å². The van der Waals surface area contributed by atoms with Crippen molar-refractivity contribution < 1.29 is 9.18 Å². The second-order valence-electron chi connectivity index (χ2n) is 7.50. The van der Waals surface area contributed by atoms with E-state index in [2.05, 4.69) is 55.4 Å². The Morgan fingerprint density at radius 1 is 1.27 bits per heavy atom. The van der Waals surface area contributed by atoms with Crippen molar-refractivity contribution in [3.8, 4) is 0 Å². The van der Waals surface area contributed by atoms with Gasteiger partial charge in [-0.1, -0.05) is 13.0 Å². The van der Waals surface area contributed by atoms with Crippen LogP contribution in [0.4, 0.5) is 10.1 Å². The number of amides is 1. The molecule has 0 aromatic heterocycles. The maximum atomic E-state index is 12.9. The van der Waals surface area contributed by atoms with Gasteiger partial charge in [-0.2, -0.15) is 5.10 Å². The van der Waals surface area contributed by atoms with Crippen molar-refractivity contribution in [3.05, 3.63) is 65.0 Å². The number of benzene rings is 2. The smallest absolute Gasteiger partial charge is 0.271 e. The van der Waals surface area contributed by atoms with Gasteiger partial charge in [-0.15, -0.1) is 0 Å². The maximum absolute atomic E-state index is 12.9. The van der Waals surface area contributed by atoms with Crippen LogP contribution in [-0.2, 0) is 0 Å².